The molecule has 2 atom stereocenters. The largest absolute Gasteiger partial charge is 0.494 e. The molecule has 0 aliphatic carbocycles. The van der Waals surface area contributed by atoms with Gasteiger partial charge in [-0.15, -0.1) is 0 Å². The van der Waals surface area contributed by atoms with Crippen molar-refractivity contribution in [1.82, 2.24) is 15.7 Å². The Morgan fingerprint density at radius 2 is 1.50 bits per heavy atom. The van der Waals surface area contributed by atoms with E-state index in [2.05, 4.69) is 10.6 Å². The fourth-order valence-corrected chi connectivity index (χ4v) is 8.69. The number of unbranched alkanes of at least 4 members (excludes halogenated alkanes) is 2. The molecule has 64 heavy (non-hydrogen) atoms. The van der Waals surface area contributed by atoms with Crippen LogP contribution in [0.3, 0.4) is 0 Å². The van der Waals surface area contributed by atoms with E-state index in [0.29, 0.717) is 42.7 Å². The molecule has 0 unspecified atom stereocenters. The molecule has 1 aromatic heterocycles. The number of nitrogens with zero attached hydrogens (tertiary/aromatic N) is 1. The van der Waals surface area contributed by atoms with E-state index >= 15 is 0 Å². The number of carbonyl (C=O) groups excluding carboxylic acids is 4. The number of halogens is 1. The second kappa shape index (κ2) is 24.1. The third kappa shape index (κ3) is 13.5. The van der Waals surface area contributed by atoms with Crippen LogP contribution in [0.15, 0.2) is 114 Å². The Kier molecular flexibility index (Phi) is 18.4. The zero-order chi connectivity index (χ0) is 46.1. The zero-order valence-electron chi connectivity index (χ0n) is 36.9. The number of carbonyl (C=O) groups is 4. The Hall–Kier alpha value is -6.08. The second-order valence-electron chi connectivity index (χ2n) is 15.4. The highest BCUT2D eigenvalue weighted by atomic mass is 31.2. The normalized spacial score (nSPS) is 12.3. The number of furan rings is 1. The van der Waals surface area contributed by atoms with Crippen LogP contribution in [-0.2, 0) is 41.3 Å². The molecule has 15 heteroatoms. The molecule has 13 nitrogen and oxygen atoms in total. The molecule has 0 saturated heterocycles. The van der Waals surface area contributed by atoms with Crippen molar-refractivity contribution in [2.24, 2.45) is 5.92 Å². The van der Waals surface area contributed by atoms with Crippen molar-refractivity contribution in [3.63, 3.8) is 0 Å². The molecule has 0 saturated carbocycles. The van der Waals surface area contributed by atoms with Gasteiger partial charge in [-0.1, -0.05) is 108 Å². The number of hydroxylamine groups is 2. The van der Waals surface area contributed by atoms with E-state index in [-0.39, 0.29) is 54.6 Å². The summed E-state index contributed by atoms with van der Waals surface area (Å²) in [5.74, 6) is -2.90. The summed E-state index contributed by atoms with van der Waals surface area (Å²) in [5, 5.41) is 6.47. The summed E-state index contributed by atoms with van der Waals surface area (Å²) in [6.07, 6.45) is 3.35. The number of benzene rings is 4. The first kappa shape index (κ1) is 48.9. The molecule has 0 spiro atoms. The minimum absolute atomic E-state index is 0.0147. The Labute approximate surface area is 374 Å². The van der Waals surface area contributed by atoms with Gasteiger partial charge in [0.15, 0.2) is 5.76 Å². The molecule has 0 aliphatic heterocycles. The molecule has 340 valence electrons. The minimum Gasteiger partial charge on any atom is -0.494 e. The van der Waals surface area contributed by atoms with Crippen molar-refractivity contribution >= 4 is 37.1 Å². The lowest BCUT2D eigenvalue weighted by molar-refractivity contribution is -0.171. The fourth-order valence-electron chi connectivity index (χ4n) is 7.10. The number of rotatable bonds is 25. The molecule has 5 rings (SSSR count). The summed E-state index contributed by atoms with van der Waals surface area (Å²) in [4.78, 5) is 58.5. The quantitative estimate of drug-likeness (QED) is 0.0190. The van der Waals surface area contributed by atoms with Crippen molar-refractivity contribution in [2.75, 3.05) is 13.3 Å². The van der Waals surface area contributed by atoms with E-state index in [4.69, 9.17) is 23.0 Å². The SMILES string of the molecule is CCCCC[C@@H](C(=O)NCNC(=O)c1ccc(-c2cc(OCC)cc(P(=O)(OCc3ccccc3)OCc3ccccc3)c2)o1)[C@@H](CC)N(C=O)OC(=O)c1ccc(F)cc1C(C)C. The maximum absolute atomic E-state index is 14.7. The second-order valence-corrected chi connectivity index (χ2v) is 17.4. The van der Waals surface area contributed by atoms with Crippen molar-refractivity contribution in [1.29, 1.82) is 0 Å². The van der Waals surface area contributed by atoms with Crippen LogP contribution in [0.1, 0.15) is 110 Å². The van der Waals surface area contributed by atoms with Gasteiger partial charge < -0.3 is 33.7 Å². The average Bonchev–Trinajstić information content (AvgIpc) is 3.81. The average molecular weight is 898 g/mol. The highest BCUT2D eigenvalue weighted by Crippen LogP contribution is 2.50. The Morgan fingerprint density at radius 3 is 2.09 bits per heavy atom. The lowest BCUT2D eigenvalue weighted by atomic mass is 9.90. The van der Waals surface area contributed by atoms with Crippen molar-refractivity contribution < 1.29 is 51.2 Å². The lowest BCUT2D eigenvalue weighted by Gasteiger charge is -2.32. The zero-order valence-corrected chi connectivity index (χ0v) is 37.8. The van der Waals surface area contributed by atoms with Crippen LogP contribution < -0.4 is 20.7 Å². The van der Waals surface area contributed by atoms with Crippen LogP contribution >= 0.6 is 7.60 Å². The van der Waals surface area contributed by atoms with Crippen molar-refractivity contribution in [2.45, 2.75) is 91.9 Å². The van der Waals surface area contributed by atoms with E-state index in [9.17, 15) is 28.1 Å². The molecule has 4 aromatic carbocycles. The Balaban J connectivity index is 1.30. The fraction of sp³-hybridized carbons (Fsp3) is 0.347. The topological polar surface area (TPSA) is 163 Å². The maximum Gasteiger partial charge on any atom is 0.363 e. The molecule has 1 heterocycles. The third-order valence-electron chi connectivity index (χ3n) is 10.4. The maximum atomic E-state index is 14.7. The van der Waals surface area contributed by atoms with Gasteiger partial charge in [-0.05, 0) is 90.9 Å². The number of hydrogen-bond donors (Lipinski definition) is 2. The number of ether oxygens (including phenoxy) is 1. The summed E-state index contributed by atoms with van der Waals surface area (Å²) >= 11 is 0. The first-order chi connectivity index (χ1) is 30.9. The molecule has 3 amide bonds. The first-order valence-electron chi connectivity index (χ1n) is 21.6. The van der Waals surface area contributed by atoms with Gasteiger partial charge in [0.25, 0.3) is 5.91 Å². The number of nitrogens with one attached hydrogen (secondary N) is 2. The molecule has 5 aromatic rings. The van der Waals surface area contributed by atoms with E-state index in [1.807, 2.05) is 74.5 Å². The summed E-state index contributed by atoms with van der Waals surface area (Å²) in [6, 6.07) is 29.5. The molecular weight excluding hydrogens is 841 g/mol. The van der Waals surface area contributed by atoms with E-state index in [1.165, 1.54) is 18.2 Å². The van der Waals surface area contributed by atoms with Gasteiger partial charge in [-0.3, -0.25) is 18.9 Å². The van der Waals surface area contributed by atoms with Gasteiger partial charge in [0.1, 0.15) is 17.3 Å². The third-order valence-corrected chi connectivity index (χ3v) is 12.3. The highest BCUT2D eigenvalue weighted by molar-refractivity contribution is 7.62. The molecular formula is C49H57FN3O10P. The molecule has 2 N–H and O–H groups in total. The minimum atomic E-state index is -4.00. The lowest BCUT2D eigenvalue weighted by Crippen LogP contribution is -2.49. The van der Waals surface area contributed by atoms with Gasteiger partial charge in [0.2, 0.25) is 12.3 Å². The van der Waals surface area contributed by atoms with Crippen LogP contribution in [0.25, 0.3) is 11.3 Å². The van der Waals surface area contributed by atoms with Crippen molar-refractivity contribution in [3.8, 4) is 17.1 Å². The summed E-state index contributed by atoms with van der Waals surface area (Å²) in [7, 11) is -4.00. The van der Waals surface area contributed by atoms with Crippen molar-refractivity contribution in [3.05, 3.63) is 143 Å². The summed E-state index contributed by atoms with van der Waals surface area (Å²) < 4.78 is 52.8. The molecule has 0 fully saturated rings. The van der Waals surface area contributed by atoms with Crippen LogP contribution in [0.2, 0.25) is 0 Å². The predicted octanol–water partition coefficient (Wildman–Crippen LogP) is 9.87. The van der Waals surface area contributed by atoms with Crippen LogP contribution in [-0.4, -0.2) is 48.6 Å². The monoisotopic (exact) mass is 897 g/mol. The van der Waals surface area contributed by atoms with E-state index in [1.54, 1.807) is 45.0 Å². The van der Waals surface area contributed by atoms with E-state index in [0.717, 1.165) is 35.1 Å². The van der Waals surface area contributed by atoms with E-state index < -0.39 is 43.2 Å². The van der Waals surface area contributed by atoms with Crippen LogP contribution in [0.4, 0.5) is 4.39 Å². The molecule has 0 aliphatic rings. The number of amides is 3. The predicted molar refractivity (Wildman–Crippen MR) is 241 cm³/mol. The Morgan fingerprint density at radius 1 is 0.828 bits per heavy atom. The van der Waals surface area contributed by atoms with Crippen LogP contribution in [0.5, 0.6) is 5.75 Å². The summed E-state index contributed by atoms with van der Waals surface area (Å²) in [6.45, 7) is 9.28. The highest BCUT2D eigenvalue weighted by Gasteiger charge is 2.34. The van der Waals surface area contributed by atoms with Gasteiger partial charge >= 0.3 is 13.6 Å². The summed E-state index contributed by atoms with van der Waals surface area (Å²) in [5.41, 5.74) is 2.57. The Bertz CT molecular complexity index is 2310. The van der Waals surface area contributed by atoms with Gasteiger partial charge in [0.05, 0.1) is 49.3 Å². The number of hydrogen-bond acceptors (Lipinski definition) is 10. The van der Waals surface area contributed by atoms with Gasteiger partial charge in [-0.25, -0.2) is 9.18 Å². The van der Waals surface area contributed by atoms with Gasteiger partial charge in [-0.2, -0.15) is 5.06 Å². The first-order valence-corrected chi connectivity index (χ1v) is 23.1. The molecule has 0 bridgehead atoms. The van der Waals surface area contributed by atoms with Crippen LogP contribution in [0, 0.1) is 11.7 Å². The molecule has 0 radical (unpaired) electrons. The van der Waals surface area contributed by atoms with Gasteiger partial charge in [0, 0.05) is 5.56 Å². The smallest absolute Gasteiger partial charge is 0.363 e. The standard InChI is InChI=1S/C49H57FN3O10P/c1-6-9-12-21-42(44(7-2)53(33-54)63-49(57)41-23-22-38(50)28-43(41)34(4)5)47(55)51-32-52-48(56)46-25-24-45(62-46)37-26-39(59-8-3)29-40(27-37)64(58,60-30-35-17-13-10-14-18-35)61-31-36-19-15-11-16-20-36/h10-11,13-20,22-29,33-34,42,44H,6-9,12,21,30-32H2,1-5H3,(H,51,55)(H,52,56)/t42-,44-/m1/s1.